The molecular formula is C14H23N5O. The third-order valence-electron chi connectivity index (χ3n) is 4.64. The van der Waals surface area contributed by atoms with Crippen molar-refractivity contribution in [3.63, 3.8) is 0 Å². The van der Waals surface area contributed by atoms with Crippen molar-refractivity contribution in [3.8, 4) is 0 Å². The molecule has 0 saturated carbocycles. The van der Waals surface area contributed by atoms with Gasteiger partial charge < -0.3 is 10.3 Å². The van der Waals surface area contributed by atoms with E-state index in [-0.39, 0.29) is 5.91 Å². The van der Waals surface area contributed by atoms with E-state index in [1.165, 1.54) is 12.8 Å². The molecule has 1 amide bonds. The maximum atomic E-state index is 12.4. The third kappa shape index (κ3) is 2.90. The molecule has 0 aromatic carbocycles. The van der Waals surface area contributed by atoms with E-state index < -0.39 is 0 Å². The van der Waals surface area contributed by atoms with Gasteiger partial charge in [-0.3, -0.25) is 4.79 Å². The molecule has 0 unspecified atom stereocenters. The van der Waals surface area contributed by atoms with Crippen LogP contribution in [0.15, 0.2) is 12.1 Å². The Labute approximate surface area is 119 Å². The van der Waals surface area contributed by atoms with Gasteiger partial charge in [0.1, 0.15) is 0 Å². The third-order valence-corrected chi connectivity index (χ3v) is 4.64. The second kappa shape index (κ2) is 6.17. The molecule has 0 atom stereocenters. The maximum Gasteiger partial charge on any atom is 0.274 e. The topological polar surface area (TPSA) is 84.1 Å². The summed E-state index contributed by atoms with van der Waals surface area (Å²) in [5.41, 5.74) is 3.19. The molecule has 110 valence electrons. The van der Waals surface area contributed by atoms with Crippen LogP contribution in [0.4, 0.5) is 5.82 Å². The van der Waals surface area contributed by atoms with Crippen LogP contribution >= 0.6 is 0 Å². The Hall–Kier alpha value is -1.69. The van der Waals surface area contributed by atoms with Gasteiger partial charge in [0, 0.05) is 13.1 Å². The first-order valence-electron chi connectivity index (χ1n) is 7.24. The standard InChI is InChI=1S/C14H23N5O/c1-3-14(4-2)7-9-19(10-8-14)13(20)11-5-6-12(16-15)18-17-11/h5-6H,3-4,7-10,15H2,1-2H3,(H,16,18). The first-order chi connectivity index (χ1) is 9.64. The van der Waals surface area contributed by atoms with E-state index in [0.29, 0.717) is 16.9 Å². The molecule has 0 radical (unpaired) electrons. The van der Waals surface area contributed by atoms with Gasteiger partial charge in [0.2, 0.25) is 0 Å². The average molecular weight is 277 g/mol. The molecule has 1 saturated heterocycles. The van der Waals surface area contributed by atoms with Crippen LogP contribution in [0.3, 0.4) is 0 Å². The molecule has 2 heterocycles. The normalized spacial score (nSPS) is 17.9. The quantitative estimate of drug-likeness (QED) is 0.647. The Kier molecular flexibility index (Phi) is 4.54. The zero-order chi connectivity index (χ0) is 14.6. The SMILES string of the molecule is CCC1(CC)CCN(C(=O)c2ccc(NN)nn2)CC1. The lowest BCUT2D eigenvalue weighted by atomic mass is 9.74. The minimum atomic E-state index is -0.0399. The number of aromatic nitrogens is 2. The highest BCUT2D eigenvalue weighted by atomic mass is 16.2. The number of nitrogens with zero attached hydrogens (tertiary/aromatic N) is 3. The van der Waals surface area contributed by atoms with Crippen molar-refractivity contribution in [1.29, 1.82) is 0 Å². The van der Waals surface area contributed by atoms with Gasteiger partial charge in [-0.2, -0.15) is 0 Å². The highest BCUT2D eigenvalue weighted by Gasteiger charge is 2.33. The van der Waals surface area contributed by atoms with E-state index >= 15 is 0 Å². The van der Waals surface area contributed by atoms with Crippen molar-refractivity contribution in [1.82, 2.24) is 15.1 Å². The molecule has 2 rings (SSSR count). The van der Waals surface area contributed by atoms with E-state index in [2.05, 4.69) is 29.5 Å². The van der Waals surface area contributed by atoms with E-state index in [1.807, 2.05) is 4.90 Å². The second-order valence-electron chi connectivity index (χ2n) is 5.45. The Morgan fingerprint density at radius 2 is 1.95 bits per heavy atom. The highest BCUT2D eigenvalue weighted by Crippen LogP contribution is 2.38. The summed E-state index contributed by atoms with van der Waals surface area (Å²) in [7, 11) is 0. The summed E-state index contributed by atoms with van der Waals surface area (Å²) in [4.78, 5) is 14.2. The molecular weight excluding hydrogens is 254 g/mol. The lowest BCUT2D eigenvalue weighted by Crippen LogP contribution is -2.43. The van der Waals surface area contributed by atoms with Crippen LogP contribution in [-0.4, -0.2) is 34.1 Å². The molecule has 20 heavy (non-hydrogen) atoms. The zero-order valence-corrected chi connectivity index (χ0v) is 12.2. The fraction of sp³-hybridized carbons (Fsp3) is 0.643. The predicted octanol–water partition coefficient (Wildman–Crippen LogP) is 1.80. The smallest absolute Gasteiger partial charge is 0.274 e. The number of piperidine rings is 1. The second-order valence-corrected chi connectivity index (χ2v) is 5.45. The number of nitrogens with two attached hydrogens (primary N) is 1. The van der Waals surface area contributed by atoms with Gasteiger partial charge in [-0.15, -0.1) is 10.2 Å². The predicted molar refractivity (Wildman–Crippen MR) is 78.0 cm³/mol. The number of hydrazine groups is 1. The van der Waals surface area contributed by atoms with Crippen LogP contribution in [0.1, 0.15) is 50.0 Å². The van der Waals surface area contributed by atoms with Gasteiger partial charge in [-0.1, -0.05) is 26.7 Å². The first-order valence-corrected chi connectivity index (χ1v) is 7.24. The van der Waals surface area contributed by atoms with Crippen molar-refractivity contribution >= 4 is 11.7 Å². The fourth-order valence-corrected chi connectivity index (χ4v) is 2.83. The fourth-order valence-electron chi connectivity index (χ4n) is 2.83. The first kappa shape index (κ1) is 14.7. The number of hydrogen-bond acceptors (Lipinski definition) is 5. The lowest BCUT2D eigenvalue weighted by molar-refractivity contribution is 0.0551. The minimum Gasteiger partial charge on any atom is -0.337 e. The van der Waals surface area contributed by atoms with Crippen LogP contribution in [-0.2, 0) is 0 Å². The summed E-state index contributed by atoms with van der Waals surface area (Å²) >= 11 is 0. The lowest BCUT2D eigenvalue weighted by Gasteiger charge is -2.40. The summed E-state index contributed by atoms with van der Waals surface area (Å²) in [6.07, 6.45) is 4.51. The van der Waals surface area contributed by atoms with E-state index in [0.717, 1.165) is 25.9 Å². The van der Waals surface area contributed by atoms with Crippen molar-refractivity contribution in [2.45, 2.75) is 39.5 Å². The summed E-state index contributed by atoms with van der Waals surface area (Å²) in [5, 5.41) is 7.76. The highest BCUT2D eigenvalue weighted by molar-refractivity contribution is 5.92. The van der Waals surface area contributed by atoms with E-state index in [9.17, 15) is 4.79 Å². The maximum absolute atomic E-state index is 12.4. The van der Waals surface area contributed by atoms with Crippen LogP contribution < -0.4 is 11.3 Å². The van der Waals surface area contributed by atoms with Gasteiger partial charge in [-0.25, -0.2) is 5.84 Å². The number of carbonyl (C=O) groups is 1. The number of nitrogen functional groups attached to an aromatic ring is 1. The largest absolute Gasteiger partial charge is 0.337 e. The molecule has 1 fully saturated rings. The van der Waals surface area contributed by atoms with Crippen LogP contribution in [0.2, 0.25) is 0 Å². The summed E-state index contributed by atoms with van der Waals surface area (Å²) < 4.78 is 0. The van der Waals surface area contributed by atoms with Crippen molar-refractivity contribution in [3.05, 3.63) is 17.8 Å². The number of rotatable bonds is 4. The molecule has 6 nitrogen and oxygen atoms in total. The average Bonchev–Trinajstić information content (AvgIpc) is 2.54. The van der Waals surface area contributed by atoms with Crippen molar-refractivity contribution in [2.75, 3.05) is 18.5 Å². The molecule has 6 heteroatoms. The van der Waals surface area contributed by atoms with Gasteiger partial charge in [0.05, 0.1) is 0 Å². The van der Waals surface area contributed by atoms with Gasteiger partial charge in [0.15, 0.2) is 11.5 Å². The summed E-state index contributed by atoms with van der Waals surface area (Å²) in [6.45, 7) is 6.09. The number of anilines is 1. The number of hydrogen-bond donors (Lipinski definition) is 2. The van der Waals surface area contributed by atoms with Crippen LogP contribution in [0.25, 0.3) is 0 Å². The molecule has 0 aliphatic carbocycles. The number of likely N-dealkylation sites (tertiary alicyclic amines) is 1. The molecule has 1 aromatic rings. The summed E-state index contributed by atoms with van der Waals surface area (Å²) in [5.74, 6) is 5.65. The number of carbonyl (C=O) groups excluding carboxylic acids is 1. The van der Waals surface area contributed by atoms with Gasteiger partial charge in [-0.05, 0) is 30.4 Å². The molecule has 3 N–H and O–H groups in total. The van der Waals surface area contributed by atoms with Crippen molar-refractivity contribution in [2.24, 2.45) is 11.3 Å². The zero-order valence-electron chi connectivity index (χ0n) is 12.2. The Balaban J connectivity index is 2.00. The minimum absolute atomic E-state index is 0.0399. The van der Waals surface area contributed by atoms with Crippen LogP contribution in [0.5, 0.6) is 0 Å². The molecule has 0 bridgehead atoms. The van der Waals surface area contributed by atoms with Crippen LogP contribution in [0, 0.1) is 5.41 Å². The molecule has 0 spiro atoms. The Morgan fingerprint density at radius 3 is 2.40 bits per heavy atom. The Bertz CT molecular complexity index is 445. The number of nitrogens with one attached hydrogen (secondary N) is 1. The molecule has 1 aliphatic rings. The molecule has 1 aromatic heterocycles. The van der Waals surface area contributed by atoms with Gasteiger partial charge >= 0.3 is 0 Å². The molecule has 1 aliphatic heterocycles. The monoisotopic (exact) mass is 277 g/mol. The number of amides is 1. The van der Waals surface area contributed by atoms with Gasteiger partial charge in [0.25, 0.3) is 5.91 Å². The summed E-state index contributed by atoms with van der Waals surface area (Å²) in [6, 6.07) is 3.32. The Morgan fingerprint density at radius 1 is 1.30 bits per heavy atom. The van der Waals surface area contributed by atoms with E-state index in [1.54, 1.807) is 12.1 Å². The van der Waals surface area contributed by atoms with E-state index in [4.69, 9.17) is 5.84 Å². The van der Waals surface area contributed by atoms with Crippen molar-refractivity contribution < 1.29 is 4.79 Å².